The molecule has 5 nitrogen and oxygen atoms in total. The van der Waals surface area contributed by atoms with Gasteiger partial charge in [-0.15, -0.1) is 0 Å². The highest BCUT2D eigenvalue weighted by molar-refractivity contribution is 6.15. The van der Waals surface area contributed by atoms with E-state index in [0.717, 1.165) is 72.5 Å². The van der Waals surface area contributed by atoms with E-state index < -0.39 is 0 Å². The number of fused-ring (bicyclic) bond motifs is 6. The molecule has 6 aromatic carbocycles. The summed E-state index contributed by atoms with van der Waals surface area (Å²) >= 11 is 0. The Morgan fingerprint density at radius 3 is 1.73 bits per heavy atom. The van der Waals surface area contributed by atoms with E-state index in [1.807, 2.05) is 36.4 Å². The van der Waals surface area contributed by atoms with Gasteiger partial charge in [-0.2, -0.15) is 5.26 Å². The lowest BCUT2D eigenvalue weighted by molar-refractivity contribution is 1.12. The highest BCUT2D eigenvalue weighted by Gasteiger charge is 2.23. The Bertz CT molecular complexity index is 2420. The number of nitrogen functional groups attached to an aromatic ring is 2. The zero-order chi connectivity index (χ0) is 29.9. The molecule has 5 heteroatoms. The van der Waals surface area contributed by atoms with Gasteiger partial charge in [-0.05, 0) is 66.1 Å². The fourth-order valence-corrected chi connectivity index (χ4v) is 6.82. The lowest BCUT2D eigenvalue weighted by Crippen LogP contribution is -2.05. The zero-order valence-electron chi connectivity index (χ0n) is 24.3. The summed E-state index contributed by atoms with van der Waals surface area (Å²) in [5.74, 6) is 0. The molecule has 210 valence electrons. The van der Waals surface area contributed by atoms with Gasteiger partial charge < -0.3 is 20.6 Å². The average molecular weight is 568 g/mol. The molecule has 2 heterocycles. The lowest BCUT2D eigenvalue weighted by Gasteiger charge is -2.19. The van der Waals surface area contributed by atoms with Crippen molar-refractivity contribution in [1.82, 2.24) is 9.13 Å². The Balaban J connectivity index is 1.57. The normalized spacial score (nSPS) is 11.5. The molecule has 0 saturated carbocycles. The van der Waals surface area contributed by atoms with Crippen molar-refractivity contribution in [2.24, 2.45) is 0 Å². The Labute approximate surface area is 254 Å². The van der Waals surface area contributed by atoms with Gasteiger partial charge in [0, 0.05) is 38.5 Å². The van der Waals surface area contributed by atoms with Crippen LogP contribution >= 0.6 is 0 Å². The van der Waals surface area contributed by atoms with Crippen molar-refractivity contribution in [3.8, 4) is 28.6 Å². The minimum Gasteiger partial charge on any atom is -0.398 e. The maximum atomic E-state index is 11.0. The van der Waals surface area contributed by atoms with E-state index in [4.69, 9.17) is 11.5 Å². The van der Waals surface area contributed by atoms with E-state index in [9.17, 15) is 5.26 Å². The van der Waals surface area contributed by atoms with Crippen LogP contribution in [0.1, 0.15) is 18.1 Å². The maximum absolute atomic E-state index is 11.0. The minimum absolute atomic E-state index is 0.564. The number of benzene rings is 6. The number of rotatable bonds is 4. The average Bonchev–Trinajstić information content (AvgIpc) is 3.58. The summed E-state index contributed by atoms with van der Waals surface area (Å²) < 4.78 is 4.39. The molecule has 0 amide bonds. The summed E-state index contributed by atoms with van der Waals surface area (Å²) in [5, 5.41) is 15.3. The van der Waals surface area contributed by atoms with Gasteiger partial charge >= 0.3 is 0 Å². The van der Waals surface area contributed by atoms with E-state index in [1.54, 1.807) is 0 Å². The zero-order valence-corrected chi connectivity index (χ0v) is 24.3. The lowest BCUT2D eigenvalue weighted by atomic mass is 9.97. The molecule has 0 atom stereocenters. The molecule has 8 rings (SSSR count). The van der Waals surface area contributed by atoms with E-state index in [1.165, 1.54) is 5.56 Å². The van der Waals surface area contributed by atoms with Crippen LogP contribution in [0.4, 0.5) is 11.4 Å². The Morgan fingerprint density at radius 2 is 1.14 bits per heavy atom. The molecule has 0 fully saturated rings. The molecule has 0 unspecified atom stereocenters. The number of anilines is 2. The van der Waals surface area contributed by atoms with Crippen molar-refractivity contribution in [1.29, 1.82) is 5.26 Å². The van der Waals surface area contributed by atoms with Gasteiger partial charge in [-0.3, -0.25) is 0 Å². The van der Waals surface area contributed by atoms with Crippen LogP contribution in [-0.2, 0) is 6.42 Å². The fourth-order valence-electron chi connectivity index (χ4n) is 6.82. The van der Waals surface area contributed by atoms with Crippen molar-refractivity contribution < 1.29 is 0 Å². The molecule has 0 radical (unpaired) electrons. The fraction of sp³-hybridized carbons (Fsp3) is 0.0513. The first-order valence-electron chi connectivity index (χ1n) is 14.8. The Kier molecular flexibility index (Phi) is 5.72. The van der Waals surface area contributed by atoms with Crippen molar-refractivity contribution in [3.05, 3.63) is 132 Å². The van der Waals surface area contributed by atoms with Crippen LogP contribution in [0.15, 0.2) is 121 Å². The summed E-state index contributed by atoms with van der Waals surface area (Å²) in [5.41, 5.74) is 23.9. The summed E-state index contributed by atoms with van der Waals surface area (Å²) in [7, 11) is 0. The number of nitriles is 1. The second kappa shape index (κ2) is 9.79. The molecular formula is C39H29N5. The van der Waals surface area contributed by atoms with E-state index >= 15 is 0 Å². The molecule has 0 bridgehead atoms. The molecule has 0 saturated heterocycles. The van der Waals surface area contributed by atoms with E-state index in [2.05, 4.69) is 107 Å². The largest absolute Gasteiger partial charge is 0.398 e. The molecule has 2 aromatic heterocycles. The first-order valence-corrected chi connectivity index (χ1v) is 14.8. The SMILES string of the molecule is CCc1ccc(-c2cc(-n3c4ccccc4c4ccccc43)c(C#N)c(-n3c4ccccc4c4c(N)cccc43)c2)c(N)c1. The first-order chi connectivity index (χ1) is 21.6. The van der Waals surface area contributed by atoms with Crippen molar-refractivity contribution in [2.45, 2.75) is 13.3 Å². The minimum atomic E-state index is 0.564. The second-order valence-electron chi connectivity index (χ2n) is 11.2. The first kappa shape index (κ1) is 25.7. The molecule has 8 aromatic rings. The number of para-hydroxylation sites is 3. The second-order valence-corrected chi connectivity index (χ2v) is 11.2. The molecule has 0 aliphatic heterocycles. The number of aryl methyl sites for hydroxylation is 1. The van der Waals surface area contributed by atoms with Crippen LogP contribution in [0.2, 0.25) is 0 Å². The standard InChI is InChI=1S/C39H29N5/c1-2-24-18-19-26(32(42)20-24)25-21-37(43-33-14-6-3-10-27(33)28-11-4-7-15-34(28)43)30(23-40)38(22-25)44-35-16-8-5-12-29(35)39-31(41)13-9-17-36(39)44/h3-22H,2,41-42H2,1H3. The van der Waals surface area contributed by atoms with Gasteiger partial charge in [0.2, 0.25) is 0 Å². The maximum Gasteiger partial charge on any atom is 0.104 e. The smallest absolute Gasteiger partial charge is 0.104 e. The van der Waals surface area contributed by atoms with E-state index in [-0.39, 0.29) is 0 Å². The molecular weight excluding hydrogens is 538 g/mol. The van der Waals surface area contributed by atoms with Gasteiger partial charge in [-0.25, -0.2) is 0 Å². The van der Waals surface area contributed by atoms with Gasteiger partial charge in [0.15, 0.2) is 0 Å². The summed E-state index contributed by atoms with van der Waals surface area (Å²) in [4.78, 5) is 0. The van der Waals surface area contributed by atoms with Crippen LogP contribution in [0.5, 0.6) is 0 Å². The number of hydrogen-bond donors (Lipinski definition) is 2. The third-order valence-electron chi connectivity index (χ3n) is 8.84. The summed E-state index contributed by atoms with van der Waals surface area (Å²) in [6.45, 7) is 2.13. The quantitative estimate of drug-likeness (QED) is 0.208. The van der Waals surface area contributed by atoms with Gasteiger partial charge in [-0.1, -0.05) is 79.7 Å². The number of nitrogens with zero attached hydrogens (tertiary/aromatic N) is 3. The van der Waals surface area contributed by atoms with Crippen molar-refractivity contribution in [2.75, 3.05) is 11.5 Å². The number of aromatic nitrogens is 2. The molecule has 0 aliphatic rings. The summed E-state index contributed by atoms with van der Waals surface area (Å²) in [6.07, 6.45) is 0.901. The van der Waals surface area contributed by atoms with Crippen molar-refractivity contribution in [3.63, 3.8) is 0 Å². The van der Waals surface area contributed by atoms with Crippen LogP contribution in [0.3, 0.4) is 0 Å². The number of hydrogen-bond acceptors (Lipinski definition) is 3. The highest BCUT2D eigenvalue weighted by Crippen LogP contribution is 2.41. The predicted octanol–water partition coefficient (Wildman–Crippen LogP) is 9.15. The highest BCUT2D eigenvalue weighted by atomic mass is 15.0. The van der Waals surface area contributed by atoms with Crippen LogP contribution in [-0.4, -0.2) is 9.13 Å². The Morgan fingerprint density at radius 1 is 0.591 bits per heavy atom. The van der Waals surface area contributed by atoms with Gasteiger partial charge in [0.25, 0.3) is 0 Å². The van der Waals surface area contributed by atoms with Gasteiger partial charge in [0.05, 0.1) is 33.4 Å². The Hall–Kier alpha value is -5.99. The van der Waals surface area contributed by atoms with Crippen molar-refractivity contribution >= 4 is 55.0 Å². The molecule has 0 spiro atoms. The number of nitrogens with two attached hydrogens (primary N) is 2. The van der Waals surface area contributed by atoms with Crippen LogP contribution in [0, 0.1) is 11.3 Å². The monoisotopic (exact) mass is 567 g/mol. The van der Waals surface area contributed by atoms with Crippen LogP contribution in [0.25, 0.3) is 66.1 Å². The molecule has 44 heavy (non-hydrogen) atoms. The summed E-state index contributed by atoms with van der Waals surface area (Å²) in [6, 6.07) is 44.1. The molecule has 4 N–H and O–H groups in total. The third-order valence-corrected chi connectivity index (χ3v) is 8.84. The third kappa shape index (κ3) is 3.65. The van der Waals surface area contributed by atoms with Gasteiger partial charge in [0.1, 0.15) is 11.6 Å². The molecule has 0 aliphatic carbocycles. The topological polar surface area (TPSA) is 85.7 Å². The van der Waals surface area contributed by atoms with Crippen LogP contribution < -0.4 is 11.5 Å². The van der Waals surface area contributed by atoms with E-state index in [0.29, 0.717) is 16.9 Å². The predicted molar refractivity (Wildman–Crippen MR) is 183 cm³/mol.